The molecule has 8 nitrogen and oxygen atoms in total. The molecule has 0 aliphatic carbocycles. The number of nitrogens with zero attached hydrogens (tertiary/aromatic N) is 3. The first-order valence-electron chi connectivity index (χ1n) is 13.4. The number of ether oxygens (including phenoxy) is 1. The number of aliphatic hydroxyl groups excluding tert-OH is 1. The number of halogens is 1. The van der Waals surface area contributed by atoms with E-state index in [1.165, 1.54) is 4.90 Å². The van der Waals surface area contributed by atoms with E-state index < -0.39 is 34.6 Å². The van der Waals surface area contributed by atoms with Crippen LogP contribution in [-0.2, 0) is 19.1 Å². The van der Waals surface area contributed by atoms with E-state index in [0.717, 1.165) is 18.8 Å². The van der Waals surface area contributed by atoms with Crippen molar-refractivity contribution in [3.8, 4) is 0 Å². The van der Waals surface area contributed by atoms with Gasteiger partial charge in [-0.2, -0.15) is 0 Å². The van der Waals surface area contributed by atoms with Crippen LogP contribution < -0.4 is 9.80 Å². The van der Waals surface area contributed by atoms with E-state index in [4.69, 9.17) is 4.74 Å². The molecule has 38 heavy (non-hydrogen) atoms. The highest BCUT2D eigenvalue weighted by Gasteiger charge is 2.76. The number of rotatable bonds is 11. The standard InChI is InChI=1S/C28H38BrN3O5S/c1-6-14-31(19-12-10-18(11-13-19)30(7-2)8-3)26(35)24-28-15-20(29)23(38-28)21(27(36)37-9-4)22(28)25(34)32(24)17(5)16-33/h6,10-13,17,20-24,33H,1,7-9,14-16H2,2-5H3/t17-,20?,21+,22+,23+,24?,28?/m1/s1. The van der Waals surface area contributed by atoms with Gasteiger partial charge in [0.25, 0.3) is 5.91 Å². The molecule has 10 heteroatoms. The lowest BCUT2D eigenvalue weighted by atomic mass is 9.71. The number of likely N-dealkylation sites (tertiary alicyclic amines) is 1. The number of benzene rings is 1. The number of carbonyl (C=O) groups excluding carboxylic acids is 3. The summed E-state index contributed by atoms with van der Waals surface area (Å²) in [6, 6.07) is 6.44. The largest absolute Gasteiger partial charge is 0.466 e. The van der Waals surface area contributed by atoms with Crippen LogP contribution >= 0.6 is 27.7 Å². The maximum Gasteiger partial charge on any atom is 0.310 e. The summed E-state index contributed by atoms with van der Waals surface area (Å²) in [7, 11) is 0. The number of hydrogen-bond donors (Lipinski definition) is 1. The predicted molar refractivity (Wildman–Crippen MR) is 155 cm³/mol. The second-order valence-corrected chi connectivity index (χ2v) is 12.8. The van der Waals surface area contributed by atoms with Crippen LogP contribution in [0.3, 0.4) is 0 Å². The van der Waals surface area contributed by atoms with Gasteiger partial charge in [0.2, 0.25) is 5.91 Å². The molecular formula is C28H38BrN3O5S. The molecule has 3 aliphatic rings. The molecular weight excluding hydrogens is 570 g/mol. The van der Waals surface area contributed by atoms with Gasteiger partial charge in [-0.25, -0.2) is 0 Å². The van der Waals surface area contributed by atoms with Crippen molar-refractivity contribution in [3.63, 3.8) is 0 Å². The molecule has 3 fully saturated rings. The van der Waals surface area contributed by atoms with E-state index in [-0.39, 0.29) is 41.6 Å². The molecule has 2 bridgehead atoms. The molecule has 2 amide bonds. The zero-order valence-corrected chi connectivity index (χ0v) is 24.9. The fourth-order valence-corrected chi connectivity index (χ4v) is 10.0. The van der Waals surface area contributed by atoms with Crippen molar-refractivity contribution in [2.45, 2.75) is 61.0 Å². The minimum Gasteiger partial charge on any atom is -0.466 e. The summed E-state index contributed by atoms with van der Waals surface area (Å²) in [5.74, 6) is -2.20. The summed E-state index contributed by atoms with van der Waals surface area (Å²) in [6.07, 6.45) is 2.25. The molecule has 3 aliphatic heterocycles. The number of anilines is 2. The Balaban J connectivity index is 1.77. The monoisotopic (exact) mass is 607 g/mol. The first-order chi connectivity index (χ1) is 18.2. The van der Waals surface area contributed by atoms with Gasteiger partial charge in [0.15, 0.2) is 0 Å². The van der Waals surface area contributed by atoms with E-state index in [1.807, 2.05) is 24.3 Å². The molecule has 7 atom stereocenters. The van der Waals surface area contributed by atoms with Gasteiger partial charge >= 0.3 is 5.97 Å². The van der Waals surface area contributed by atoms with E-state index in [1.54, 1.807) is 36.6 Å². The van der Waals surface area contributed by atoms with Crippen molar-refractivity contribution >= 4 is 56.9 Å². The van der Waals surface area contributed by atoms with E-state index in [0.29, 0.717) is 12.1 Å². The van der Waals surface area contributed by atoms with Gasteiger partial charge in [-0.3, -0.25) is 14.4 Å². The summed E-state index contributed by atoms with van der Waals surface area (Å²) < 4.78 is 4.60. The first-order valence-corrected chi connectivity index (χ1v) is 15.2. The minimum atomic E-state index is -0.834. The Hall–Kier alpha value is -2.04. The van der Waals surface area contributed by atoms with Crippen molar-refractivity contribution in [1.29, 1.82) is 0 Å². The molecule has 1 aromatic carbocycles. The van der Waals surface area contributed by atoms with E-state index >= 15 is 0 Å². The molecule has 4 rings (SSSR count). The van der Waals surface area contributed by atoms with Crippen LogP contribution in [0.15, 0.2) is 36.9 Å². The van der Waals surface area contributed by atoms with Crippen LogP contribution in [0.4, 0.5) is 11.4 Å². The Bertz CT molecular complexity index is 1070. The maximum atomic E-state index is 14.5. The number of esters is 1. The topological polar surface area (TPSA) is 90.4 Å². The Morgan fingerprint density at radius 1 is 1.26 bits per heavy atom. The van der Waals surface area contributed by atoms with Crippen LogP contribution in [0.25, 0.3) is 0 Å². The molecule has 3 unspecified atom stereocenters. The first kappa shape index (κ1) is 29.0. The molecule has 3 saturated heterocycles. The number of carbonyl (C=O) groups is 3. The summed E-state index contributed by atoms with van der Waals surface area (Å²) in [4.78, 5) is 47.0. The van der Waals surface area contributed by atoms with Gasteiger partial charge < -0.3 is 24.5 Å². The van der Waals surface area contributed by atoms with Crippen LogP contribution in [0.2, 0.25) is 0 Å². The molecule has 1 N–H and O–H groups in total. The highest BCUT2D eigenvalue weighted by atomic mass is 79.9. The number of alkyl halides is 1. The highest BCUT2D eigenvalue weighted by molar-refractivity contribution is 9.09. The van der Waals surface area contributed by atoms with Crippen LogP contribution in [0, 0.1) is 11.8 Å². The Morgan fingerprint density at radius 3 is 2.45 bits per heavy atom. The van der Waals surface area contributed by atoms with Gasteiger partial charge in [-0.1, -0.05) is 22.0 Å². The summed E-state index contributed by atoms with van der Waals surface area (Å²) >= 11 is 5.31. The summed E-state index contributed by atoms with van der Waals surface area (Å²) in [5.41, 5.74) is 1.78. The average molecular weight is 609 g/mol. The van der Waals surface area contributed by atoms with Gasteiger partial charge in [0.1, 0.15) is 6.04 Å². The van der Waals surface area contributed by atoms with Crippen LogP contribution in [0.1, 0.15) is 34.1 Å². The van der Waals surface area contributed by atoms with E-state index in [2.05, 4.69) is 41.3 Å². The van der Waals surface area contributed by atoms with Crippen molar-refractivity contribution in [1.82, 2.24) is 4.90 Å². The number of fused-ring (bicyclic) bond motifs is 1. The molecule has 208 valence electrons. The van der Waals surface area contributed by atoms with Gasteiger partial charge in [0, 0.05) is 41.1 Å². The number of amides is 2. The molecule has 1 spiro atoms. The second kappa shape index (κ2) is 11.6. The smallest absolute Gasteiger partial charge is 0.310 e. The molecule has 0 aromatic heterocycles. The third kappa shape index (κ3) is 4.56. The molecule has 3 heterocycles. The molecule has 0 radical (unpaired) electrons. The Morgan fingerprint density at radius 2 is 1.89 bits per heavy atom. The highest BCUT2D eigenvalue weighted by Crippen LogP contribution is 2.68. The summed E-state index contributed by atoms with van der Waals surface area (Å²) in [5, 5.41) is 9.93. The fourth-order valence-electron chi connectivity index (χ4n) is 6.45. The van der Waals surface area contributed by atoms with Gasteiger partial charge in [-0.15, -0.1) is 18.3 Å². The average Bonchev–Trinajstić information content (AvgIpc) is 3.51. The minimum absolute atomic E-state index is 0.0353. The maximum absolute atomic E-state index is 14.5. The lowest BCUT2D eigenvalue weighted by Gasteiger charge is -2.39. The predicted octanol–water partition coefficient (Wildman–Crippen LogP) is 3.46. The molecule has 0 saturated carbocycles. The lowest BCUT2D eigenvalue weighted by molar-refractivity contribution is -0.154. The Labute approximate surface area is 237 Å². The third-order valence-electron chi connectivity index (χ3n) is 8.13. The van der Waals surface area contributed by atoms with Crippen molar-refractivity contribution in [3.05, 3.63) is 36.9 Å². The summed E-state index contributed by atoms with van der Waals surface area (Å²) in [6.45, 7) is 13.5. The fraction of sp³-hybridized carbons (Fsp3) is 0.607. The normalized spacial score (nSPS) is 30.2. The van der Waals surface area contributed by atoms with Crippen LogP contribution in [-0.4, -0.2) is 87.5 Å². The van der Waals surface area contributed by atoms with Crippen molar-refractivity contribution < 1.29 is 24.2 Å². The van der Waals surface area contributed by atoms with Crippen LogP contribution in [0.5, 0.6) is 0 Å². The zero-order valence-electron chi connectivity index (χ0n) is 22.5. The number of thioether (sulfide) groups is 1. The lowest BCUT2D eigenvalue weighted by Crippen LogP contribution is -2.57. The third-order valence-corrected chi connectivity index (χ3v) is 11.3. The van der Waals surface area contributed by atoms with E-state index in [9.17, 15) is 19.5 Å². The SMILES string of the molecule is C=CCN(C(=O)C1N([C@H](C)CO)C(=O)[C@@H]2[C@H](C(=O)OCC)[C@H]3SC12CC3Br)c1ccc(N(CC)CC)cc1. The van der Waals surface area contributed by atoms with Gasteiger partial charge in [0.05, 0.1) is 35.8 Å². The second-order valence-electron chi connectivity index (χ2n) is 10.1. The Kier molecular flexibility index (Phi) is 8.84. The number of aliphatic hydroxyl groups is 1. The quantitative estimate of drug-likeness (QED) is 0.234. The number of hydrogen-bond acceptors (Lipinski definition) is 7. The molecule has 1 aromatic rings. The van der Waals surface area contributed by atoms with Gasteiger partial charge in [-0.05, 0) is 58.4 Å². The van der Waals surface area contributed by atoms with Crippen molar-refractivity contribution in [2.24, 2.45) is 11.8 Å². The van der Waals surface area contributed by atoms with Crippen molar-refractivity contribution in [2.75, 3.05) is 42.6 Å². The zero-order chi connectivity index (χ0) is 27.8.